The van der Waals surface area contributed by atoms with Crippen LogP contribution < -0.4 is 10.2 Å². The van der Waals surface area contributed by atoms with Crippen LogP contribution in [-0.2, 0) is 10.0 Å². The molecule has 1 amide bonds. The zero-order chi connectivity index (χ0) is 18.9. The predicted octanol–water partition coefficient (Wildman–Crippen LogP) is 1.95. The van der Waals surface area contributed by atoms with Crippen molar-refractivity contribution in [2.45, 2.75) is 24.7 Å². The van der Waals surface area contributed by atoms with Crippen LogP contribution in [-0.4, -0.2) is 56.0 Å². The molecule has 0 aliphatic carbocycles. The van der Waals surface area contributed by atoms with Crippen molar-refractivity contribution in [2.75, 3.05) is 37.4 Å². The maximum absolute atomic E-state index is 12.8. The van der Waals surface area contributed by atoms with Crippen molar-refractivity contribution in [2.24, 2.45) is 0 Å². The number of hydrogen-bond donors (Lipinski definition) is 1. The molecule has 140 valence electrons. The molecule has 0 bridgehead atoms. The van der Waals surface area contributed by atoms with E-state index in [0.29, 0.717) is 10.7 Å². The van der Waals surface area contributed by atoms with Gasteiger partial charge in [-0.1, -0.05) is 11.3 Å². The molecule has 8 nitrogen and oxygen atoms in total. The van der Waals surface area contributed by atoms with Crippen molar-refractivity contribution >= 4 is 38.1 Å². The third-order valence-electron chi connectivity index (χ3n) is 4.18. The van der Waals surface area contributed by atoms with E-state index in [0.717, 1.165) is 40.9 Å². The van der Waals surface area contributed by atoms with Gasteiger partial charge in [0.15, 0.2) is 0 Å². The van der Waals surface area contributed by atoms with Crippen LogP contribution in [0.4, 0.5) is 10.8 Å². The van der Waals surface area contributed by atoms with E-state index in [2.05, 4.69) is 20.4 Å². The maximum atomic E-state index is 12.8. The Morgan fingerprint density at radius 3 is 2.50 bits per heavy atom. The molecule has 1 aromatic heterocycles. The highest BCUT2D eigenvalue weighted by molar-refractivity contribution is 7.89. The molecule has 2 heterocycles. The Bertz CT molecular complexity index is 918. The third kappa shape index (κ3) is 3.71. The van der Waals surface area contributed by atoms with Crippen molar-refractivity contribution in [1.29, 1.82) is 0 Å². The fraction of sp³-hybridized carbons (Fsp3) is 0.438. The second-order valence-electron chi connectivity index (χ2n) is 6.24. The van der Waals surface area contributed by atoms with Gasteiger partial charge < -0.3 is 4.90 Å². The summed E-state index contributed by atoms with van der Waals surface area (Å²) < 4.78 is 26.1. The second-order valence-corrected chi connectivity index (χ2v) is 9.57. The summed E-state index contributed by atoms with van der Waals surface area (Å²) in [6.45, 7) is 3.49. The molecule has 3 rings (SSSR count). The fourth-order valence-corrected chi connectivity index (χ4v) is 4.33. The Morgan fingerprint density at radius 2 is 1.92 bits per heavy atom. The summed E-state index contributed by atoms with van der Waals surface area (Å²) in [5.41, 5.74) is 1.06. The van der Waals surface area contributed by atoms with Crippen LogP contribution in [0.2, 0.25) is 0 Å². The Labute approximate surface area is 156 Å². The first-order valence-corrected chi connectivity index (χ1v) is 10.5. The highest BCUT2D eigenvalue weighted by Gasteiger charge is 2.25. The molecule has 1 aromatic carbocycles. The molecular formula is C16H21N5O3S2. The number of nitrogens with zero attached hydrogens (tertiary/aromatic N) is 4. The first-order valence-electron chi connectivity index (χ1n) is 8.22. The maximum Gasteiger partial charge on any atom is 0.259 e. The largest absolute Gasteiger partial charge is 0.371 e. The Kier molecular flexibility index (Phi) is 5.26. The van der Waals surface area contributed by atoms with Crippen LogP contribution in [0.5, 0.6) is 0 Å². The molecule has 1 N–H and O–H groups in total. The van der Waals surface area contributed by atoms with Crippen LogP contribution >= 0.6 is 11.3 Å². The zero-order valence-electron chi connectivity index (χ0n) is 14.9. The Hall–Kier alpha value is -2.04. The van der Waals surface area contributed by atoms with Crippen LogP contribution in [0.15, 0.2) is 23.1 Å². The van der Waals surface area contributed by atoms with Gasteiger partial charge in [-0.3, -0.25) is 10.1 Å². The van der Waals surface area contributed by atoms with Gasteiger partial charge in [0, 0.05) is 32.9 Å². The number of aromatic nitrogens is 2. The molecule has 2 aromatic rings. The molecule has 26 heavy (non-hydrogen) atoms. The number of anilines is 2. The quantitative estimate of drug-likeness (QED) is 0.831. The van der Waals surface area contributed by atoms with E-state index in [1.165, 1.54) is 31.5 Å². The number of carbonyl (C=O) groups excluding carboxylic acids is 1. The molecule has 10 heteroatoms. The topological polar surface area (TPSA) is 95.5 Å². The number of carbonyl (C=O) groups is 1. The van der Waals surface area contributed by atoms with Gasteiger partial charge in [-0.25, -0.2) is 12.7 Å². The highest BCUT2D eigenvalue weighted by Crippen LogP contribution is 2.29. The van der Waals surface area contributed by atoms with E-state index in [9.17, 15) is 13.2 Å². The fourth-order valence-electron chi connectivity index (χ4n) is 2.81. The highest BCUT2D eigenvalue weighted by atomic mass is 32.2. The zero-order valence-corrected chi connectivity index (χ0v) is 16.5. The van der Waals surface area contributed by atoms with Crippen LogP contribution in [0.1, 0.15) is 28.2 Å². The molecule has 1 fully saturated rings. The molecule has 1 saturated heterocycles. The van der Waals surface area contributed by atoms with Crippen LogP contribution in [0.3, 0.4) is 0 Å². The van der Waals surface area contributed by atoms with Crippen LogP contribution in [0.25, 0.3) is 0 Å². The average molecular weight is 396 g/mol. The summed E-state index contributed by atoms with van der Waals surface area (Å²) in [6, 6.07) is 4.70. The summed E-state index contributed by atoms with van der Waals surface area (Å²) in [5.74, 6) is -0.390. The van der Waals surface area contributed by atoms with Crippen molar-refractivity contribution in [3.63, 3.8) is 0 Å². The second kappa shape index (κ2) is 7.29. The number of nitrogens with one attached hydrogen (secondary N) is 1. The van der Waals surface area contributed by atoms with E-state index in [4.69, 9.17) is 0 Å². The molecule has 0 radical (unpaired) electrons. The number of rotatable bonds is 5. The lowest BCUT2D eigenvalue weighted by molar-refractivity contribution is 0.102. The number of amides is 1. The summed E-state index contributed by atoms with van der Waals surface area (Å²) >= 11 is 1.27. The molecule has 0 saturated carbocycles. The lowest BCUT2D eigenvalue weighted by Gasteiger charge is -2.22. The summed E-state index contributed by atoms with van der Waals surface area (Å²) in [4.78, 5) is 15.0. The van der Waals surface area contributed by atoms with E-state index in [1.807, 2.05) is 0 Å². The minimum atomic E-state index is -3.63. The summed E-state index contributed by atoms with van der Waals surface area (Å²) in [7, 11) is -0.701. The first-order chi connectivity index (χ1) is 12.3. The molecule has 0 atom stereocenters. The normalized spacial score (nSPS) is 14.8. The smallest absolute Gasteiger partial charge is 0.259 e. The van der Waals surface area contributed by atoms with Crippen molar-refractivity contribution in [3.8, 4) is 0 Å². The first kappa shape index (κ1) is 18.7. The molecule has 0 unspecified atom stereocenters. The third-order valence-corrected chi connectivity index (χ3v) is 6.75. The van der Waals surface area contributed by atoms with Gasteiger partial charge in [0.1, 0.15) is 5.01 Å². The number of hydrogen-bond acceptors (Lipinski definition) is 7. The summed E-state index contributed by atoms with van der Waals surface area (Å²) in [5, 5.41) is 11.6. The molecule has 1 aliphatic rings. The van der Waals surface area contributed by atoms with Crippen molar-refractivity contribution in [1.82, 2.24) is 14.5 Å². The van der Waals surface area contributed by atoms with E-state index in [1.54, 1.807) is 19.1 Å². The van der Waals surface area contributed by atoms with Gasteiger partial charge >= 0.3 is 0 Å². The van der Waals surface area contributed by atoms with E-state index in [-0.39, 0.29) is 10.8 Å². The van der Waals surface area contributed by atoms with E-state index >= 15 is 0 Å². The van der Waals surface area contributed by atoms with Crippen molar-refractivity contribution in [3.05, 3.63) is 28.8 Å². The van der Waals surface area contributed by atoms with Crippen molar-refractivity contribution < 1.29 is 13.2 Å². The van der Waals surface area contributed by atoms with Gasteiger partial charge in [0.2, 0.25) is 15.2 Å². The minimum absolute atomic E-state index is 0.0871. The molecule has 1 aliphatic heterocycles. The summed E-state index contributed by atoms with van der Waals surface area (Å²) in [6.07, 6.45) is 2.10. The number of benzene rings is 1. The minimum Gasteiger partial charge on any atom is -0.371 e. The van der Waals surface area contributed by atoms with Crippen LogP contribution in [0, 0.1) is 6.92 Å². The standard InChI is InChI=1S/C16H21N5O3S2/c1-11-18-19-16(25-11)17-15(22)13-10-12(26(23,24)20(2)3)6-7-14(13)21-8-4-5-9-21/h6-7,10H,4-5,8-9H2,1-3H3,(H,17,19,22). The van der Waals surface area contributed by atoms with Gasteiger partial charge in [-0.05, 0) is 38.0 Å². The lowest BCUT2D eigenvalue weighted by Crippen LogP contribution is -2.25. The number of aryl methyl sites for hydroxylation is 1. The van der Waals surface area contributed by atoms with Gasteiger partial charge in [-0.15, -0.1) is 10.2 Å². The van der Waals surface area contributed by atoms with E-state index < -0.39 is 10.0 Å². The predicted molar refractivity (Wildman–Crippen MR) is 101 cm³/mol. The SMILES string of the molecule is Cc1nnc(NC(=O)c2cc(S(=O)(=O)N(C)C)ccc2N2CCCC2)s1. The average Bonchev–Trinajstić information content (AvgIpc) is 3.26. The Balaban J connectivity index is 2.01. The monoisotopic (exact) mass is 395 g/mol. The van der Waals surface area contributed by atoms with Gasteiger partial charge in [-0.2, -0.15) is 0 Å². The lowest BCUT2D eigenvalue weighted by atomic mass is 10.1. The number of sulfonamides is 1. The van der Waals surface area contributed by atoms with Gasteiger partial charge in [0.05, 0.1) is 10.5 Å². The van der Waals surface area contributed by atoms with Gasteiger partial charge in [0.25, 0.3) is 5.91 Å². The molecule has 0 spiro atoms. The Morgan fingerprint density at radius 1 is 1.23 bits per heavy atom. The molecular weight excluding hydrogens is 374 g/mol.